The number of rotatable bonds is 5. The summed E-state index contributed by atoms with van der Waals surface area (Å²) in [6, 6.07) is 0. The van der Waals surface area contributed by atoms with Gasteiger partial charge in [-0.2, -0.15) is 0 Å². The van der Waals surface area contributed by atoms with Crippen LogP contribution in [0.1, 0.15) is 19.4 Å². The van der Waals surface area contributed by atoms with Gasteiger partial charge >= 0.3 is 0 Å². The Labute approximate surface area is 124 Å². The summed E-state index contributed by atoms with van der Waals surface area (Å²) in [7, 11) is 0. The van der Waals surface area contributed by atoms with Crippen molar-refractivity contribution >= 4 is 5.91 Å². The summed E-state index contributed by atoms with van der Waals surface area (Å²) < 4.78 is 5.72. The monoisotopic (exact) mass is 290 g/mol. The SMILES string of the molecule is Cc1cncnc1OCC(C)(C)NC(=O)C1[C@H]2CNC[C@@H]12. The van der Waals surface area contributed by atoms with Crippen LogP contribution in [0.25, 0.3) is 0 Å². The fourth-order valence-corrected chi connectivity index (χ4v) is 3.05. The van der Waals surface area contributed by atoms with Gasteiger partial charge in [-0.05, 0) is 45.7 Å². The van der Waals surface area contributed by atoms with E-state index in [2.05, 4.69) is 20.6 Å². The second-order valence-corrected chi connectivity index (χ2v) is 6.68. The van der Waals surface area contributed by atoms with Gasteiger partial charge in [-0.15, -0.1) is 0 Å². The standard InChI is InChI=1S/C15H22N4O2/c1-9-4-17-8-18-14(9)21-7-15(2,3)19-13(20)12-10-5-16-6-11(10)12/h4,8,10-12,16H,5-7H2,1-3H3,(H,19,20)/t10-,11+,12?. The van der Waals surface area contributed by atoms with Crippen molar-refractivity contribution in [2.24, 2.45) is 17.8 Å². The first kappa shape index (κ1) is 14.3. The predicted octanol–water partition coefficient (Wildman–Crippen LogP) is 0.524. The highest BCUT2D eigenvalue weighted by Crippen LogP contribution is 2.48. The lowest BCUT2D eigenvalue weighted by Gasteiger charge is -2.26. The number of carbonyl (C=O) groups is 1. The molecule has 114 valence electrons. The second-order valence-electron chi connectivity index (χ2n) is 6.68. The molecular weight excluding hydrogens is 268 g/mol. The molecule has 1 amide bonds. The quantitative estimate of drug-likeness (QED) is 0.827. The Bertz CT molecular complexity index is 536. The third-order valence-electron chi connectivity index (χ3n) is 4.27. The summed E-state index contributed by atoms with van der Waals surface area (Å²) in [5, 5.41) is 6.40. The maximum atomic E-state index is 12.3. The summed E-state index contributed by atoms with van der Waals surface area (Å²) in [5.41, 5.74) is 0.473. The smallest absolute Gasteiger partial charge is 0.224 e. The molecule has 2 aliphatic rings. The van der Waals surface area contributed by atoms with Crippen LogP contribution in [0.3, 0.4) is 0 Å². The summed E-state index contributed by atoms with van der Waals surface area (Å²) in [4.78, 5) is 20.3. The maximum absolute atomic E-state index is 12.3. The zero-order chi connectivity index (χ0) is 15.0. The predicted molar refractivity (Wildman–Crippen MR) is 77.8 cm³/mol. The fourth-order valence-electron chi connectivity index (χ4n) is 3.05. The fraction of sp³-hybridized carbons (Fsp3) is 0.667. The summed E-state index contributed by atoms with van der Waals surface area (Å²) in [6.07, 6.45) is 3.18. The minimum absolute atomic E-state index is 0.152. The molecule has 1 aliphatic carbocycles. The van der Waals surface area contributed by atoms with Crippen LogP contribution in [0.15, 0.2) is 12.5 Å². The lowest BCUT2D eigenvalue weighted by Crippen LogP contribution is -2.49. The van der Waals surface area contributed by atoms with Gasteiger partial charge in [0.15, 0.2) is 0 Å². The molecule has 2 N–H and O–H groups in total. The third kappa shape index (κ3) is 3.00. The van der Waals surface area contributed by atoms with Gasteiger partial charge in [-0.3, -0.25) is 4.79 Å². The normalized spacial score (nSPS) is 27.1. The molecule has 1 saturated carbocycles. The number of ether oxygens (including phenoxy) is 1. The first-order valence-corrected chi connectivity index (χ1v) is 7.40. The summed E-state index contributed by atoms with van der Waals surface area (Å²) >= 11 is 0. The molecule has 2 fully saturated rings. The van der Waals surface area contributed by atoms with E-state index < -0.39 is 5.54 Å². The third-order valence-corrected chi connectivity index (χ3v) is 4.27. The van der Waals surface area contributed by atoms with E-state index in [-0.39, 0.29) is 11.8 Å². The Morgan fingerprint density at radius 1 is 1.48 bits per heavy atom. The lowest BCUT2D eigenvalue weighted by atomic mass is 10.1. The van der Waals surface area contributed by atoms with Crippen LogP contribution in [0.2, 0.25) is 0 Å². The van der Waals surface area contributed by atoms with Crippen molar-refractivity contribution in [1.29, 1.82) is 0 Å². The zero-order valence-corrected chi connectivity index (χ0v) is 12.7. The number of hydrogen-bond acceptors (Lipinski definition) is 5. The molecule has 2 heterocycles. The maximum Gasteiger partial charge on any atom is 0.224 e. The molecule has 6 nitrogen and oxygen atoms in total. The van der Waals surface area contributed by atoms with Gasteiger partial charge in [0.25, 0.3) is 0 Å². The van der Waals surface area contributed by atoms with Crippen molar-refractivity contribution in [1.82, 2.24) is 20.6 Å². The summed E-state index contributed by atoms with van der Waals surface area (Å²) in [5.74, 6) is 1.97. The van der Waals surface area contributed by atoms with Crippen LogP contribution in [0.4, 0.5) is 0 Å². The van der Waals surface area contributed by atoms with Crippen molar-refractivity contribution in [3.8, 4) is 5.88 Å². The summed E-state index contributed by atoms with van der Waals surface area (Å²) in [6.45, 7) is 8.17. The number of piperidine rings is 1. The Kier molecular flexibility index (Phi) is 3.57. The Hall–Kier alpha value is -1.69. The number of nitrogens with one attached hydrogen (secondary N) is 2. The molecule has 0 aromatic carbocycles. The molecule has 1 aromatic rings. The molecule has 0 bridgehead atoms. The van der Waals surface area contributed by atoms with Crippen LogP contribution in [-0.4, -0.2) is 41.1 Å². The molecular formula is C15H22N4O2. The average molecular weight is 290 g/mol. The minimum atomic E-state index is -0.418. The number of nitrogens with zero attached hydrogens (tertiary/aromatic N) is 2. The topological polar surface area (TPSA) is 76.1 Å². The molecule has 1 saturated heterocycles. The molecule has 0 radical (unpaired) electrons. The van der Waals surface area contributed by atoms with Crippen molar-refractivity contribution < 1.29 is 9.53 Å². The molecule has 6 heteroatoms. The van der Waals surface area contributed by atoms with Crippen LogP contribution in [-0.2, 0) is 4.79 Å². The number of hydrogen-bond donors (Lipinski definition) is 2. The van der Waals surface area contributed by atoms with Gasteiger partial charge in [0.1, 0.15) is 12.9 Å². The van der Waals surface area contributed by atoms with Gasteiger partial charge in [0.2, 0.25) is 11.8 Å². The molecule has 1 aromatic heterocycles. The van der Waals surface area contributed by atoms with E-state index in [1.165, 1.54) is 6.33 Å². The number of aromatic nitrogens is 2. The van der Waals surface area contributed by atoms with Gasteiger partial charge in [-0.1, -0.05) is 0 Å². The second kappa shape index (κ2) is 5.26. The van der Waals surface area contributed by atoms with E-state index in [1.54, 1.807) is 6.20 Å². The van der Waals surface area contributed by atoms with Gasteiger partial charge in [-0.25, -0.2) is 9.97 Å². The van der Waals surface area contributed by atoms with E-state index in [0.717, 1.165) is 18.7 Å². The molecule has 0 spiro atoms. The van der Waals surface area contributed by atoms with Crippen molar-refractivity contribution in [3.05, 3.63) is 18.1 Å². The molecule has 3 rings (SSSR count). The highest BCUT2D eigenvalue weighted by atomic mass is 16.5. The van der Waals surface area contributed by atoms with E-state index in [1.807, 2.05) is 20.8 Å². The molecule has 3 atom stereocenters. The van der Waals surface area contributed by atoms with E-state index in [9.17, 15) is 4.79 Å². The van der Waals surface area contributed by atoms with E-state index in [0.29, 0.717) is 24.3 Å². The van der Waals surface area contributed by atoms with E-state index >= 15 is 0 Å². The Morgan fingerprint density at radius 3 is 2.86 bits per heavy atom. The number of aryl methyl sites for hydroxylation is 1. The van der Waals surface area contributed by atoms with Crippen molar-refractivity contribution in [2.45, 2.75) is 26.3 Å². The van der Waals surface area contributed by atoms with Crippen LogP contribution in [0.5, 0.6) is 5.88 Å². The Morgan fingerprint density at radius 2 is 2.19 bits per heavy atom. The van der Waals surface area contributed by atoms with Crippen LogP contribution >= 0.6 is 0 Å². The van der Waals surface area contributed by atoms with Gasteiger partial charge in [0, 0.05) is 17.7 Å². The molecule has 1 aliphatic heterocycles. The minimum Gasteiger partial charge on any atom is -0.475 e. The van der Waals surface area contributed by atoms with Gasteiger partial charge < -0.3 is 15.4 Å². The largest absolute Gasteiger partial charge is 0.475 e. The van der Waals surface area contributed by atoms with Crippen LogP contribution in [0, 0.1) is 24.7 Å². The Balaban J connectivity index is 1.52. The number of amides is 1. The van der Waals surface area contributed by atoms with Crippen molar-refractivity contribution in [3.63, 3.8) is 0 Å². The highest BCUT2D eigenvalue weighted by Gasteiger charge is 2.57. The lowest BCUT2D eigenvalue weighted by molar-refractivity contribution is -0.125. The molecule has 21 heavy (non-hydrogen) atoms. The zero-order valence-electron chi connectivity index (χ0n) is 12.7. The first-order chi connectivity index (χ1) is 9.98. The van der Waals surface area contributed by atoms with Crippen LogP contribution < -0.4 is 15.4 Å². The number of carbonyl (C=O) groups excluding carboxylic acids is 1. The number of fused-ring (bicyclic) bond motifs is 1. The van der Waals surface area contributed by atoms with Crippen molar-refractivity contribution in [2.75, 3.05) is 19.7 Å². The average Bonchev–Trinajstić information content (AvgIpc) is 2.92. The highest BCUT2D eigenvalue weighted by molar-refractivity contribution is 5.83. The first-order valence-electron chi connectivity index (χ1n) is 7.40. The van der Waals surface area contributed by atoms with E-state index in [4.69, 9.17) is 4.74 Å². The van der Waals surface area contributed by atoms with Gasteiger partial charge in [0.05, 0.1) is 5.54 Å². The molecule has 1 unspecified atom stereocenters.